The molecule has 1 fully saturated rings. The van der Waals surface area contributed by atoms with Crippen molar-refractivity contribution in [3.05, 3.63) is 41.6 Å². The summed E-state index contributed by atoms with van der Waals surface area (Å²) in [5, 5.41) is 11.6. The molecule has 0 spiro atoms. The molecule has 0 unspecified atom stereocenters. The largest absolute Gasteiger partial charge is 0.355 e. The van der Waals surface area contributed by atoms with E-state index in [9.17, 15) is 4.79 Å². The number of nitrogens with zero attached hydrogens (tertiary/aromatic N) is 4. The first-order valence-electron chi connectivity index (χ1n) is 7.96. The molecule has 1 N–H and O–H groups in total. The molecule has 0 radical (unpaired) electrons. The molecule has 0 saturated carbocycles. The van der Waals surface area contributed by atoms with Crippen LogP contribution in [0, 0.1) is 6.92 Å². The second-order valence-electron chi connectivity index (χ2n) is 5.92. The summed E-state index contributed by atoms with van der Waals surface area (Å²) in [6.45, 7) is 4.05. The van der Waals surface area contributed by atoms with Gasteiger partial charge in [0.1, 0.15) is 0 Å². The number of fused-ring (bicyclic) bond motifs is 1. The van der Waals surface area contributed by atoms with Crippen LogP contribution in [-0.4, -0.2) is 34.2 Å². The molecule has 1 aliphatic rings. The van der Waals surface area contributed by atoms with Gasteiger partial charge >= 0.3 is 0 Å². The van der Waals surface area contributed by atoms with Crippen LogP contribution in [-0.2, 0) is 0 Å². The molecule has 0 bridgehead atoms. The van der Waals surface area contributed by atoms with Gasteiger partial charge in [0, 0.05) is 13.1 Å². The first-order chi connectivity index (χ1) is 11.7. The summed E-state index contributed by atoms with van der Waals surface area (Å²) >= 11 is 1.46. The average molecular weight is 339 g/mol. The summed E-state index contributed by atoms with van der Waals surface area (Å²) in [6.07, 6.45) is 2.36. The fraction of sp³-hybridized carbons (Fsp3) is 0.294. The Kier molecular flexibility index (Phi) is 3.86. The predicted octanol–water partition coefficient (Wildman–Crippen LogP) is 3.25. The number of hydrogen-bond donors (Lipinski definition) is 1. The number of nitrogens with one attached hydrogen (secondary N) is 1. The second kappa shape index (κ2) is 6.16. The van der Waals surface area contributed by atoms with Crippen LogP contribution in [0.25, 0.3) is 10.2 Å². The molecule has 3 heterocycles. The van der Waals surface area contributed by atoms with Gasteiger partial charge in [0.15, 0.2) is 16.6 Å². The average Bonchev–Trinajstić information content (AvgIpc) is 3.23. The van der Waals surface area contributed by atoms with E-state index in [1.165, 1.54) is 29.7 Å². The highest BCUT2D eigenvalue weighted by Crippen LogP contribution is 2.27. The van der Waals surface area contributed by atoms with Gasteiger partial charge in [-0.15, -0.1) is 10.2 Å². The molecule has 1 aliphatic heterocycles. The number of carbonyl (C=O) groups excluding carboxylic acids is 1. The van der Waals surface area contributed by atoms with E-state index in [1.807, 2.05) is 25.1 Å². The summed E-state index contributed by atoms with van der Waals surface area (Å²) < 4.78 is 1.06. The Labute approximate surface area is 143 Å². The van der Waals surface area contributed by atoms with E-state index in [1.54, 1.807) is 6.07 Å². The van der Waals surface area contributed by atoms with Crippen molar-refractivity contribution in [3.63, 3.8) is 0 Å². The highest BCUT2D eigenvalue weighted by Gasteiger charge is 2.16. The molecule has 24 heavy (non-hydrogen) atoms. The van der Waals surface area contributed by atoms with Crippen molar-refractivity contribution in [2.75, 3.05) is 23.3 Å². The zero-order chi connectivity index (χ0) is 16.5. The van der Waals surface area contributed by atoms with Gasteiger partial charge < -0.3 is 4.90 Å². The molecular formula is C17H17N5OS. The molecule has 4 rings (SSSR count). The molecule has 6 nitrogen and oxygen atoms in total. The van der Waals surface area contributed by atoms with Gasteiger partial charge in [0.2, 0.25) is 0 Å². The zero-order valence-electron chi connectivity index (χ0n) is 13.3. The Bertz CT molecular complexity index is 884. The van der Waals surface area contributed by atoms with Crippen LogP contribution >= 0.6 is 11.3 Å². The van der Waals surface area contributed by atoms with E-state index < -0.39 is 0 Å². The smallest absolute Gasteiger partial charge is 0.277 e. The van der Waals surface area contributed by atoms with Gasteiger partial charge in [-0.25, -0.2) is 4.98 Å². The number of anilines is 2. The predicted molar refractivity (Wildman–Crippen MR) is 95.8 cm³/mol. The number of hydrogen-bond acceptors (Lipinski definition) is 6. The lowest BCUT2D eigenvalue weighted by molar-refractivity contribution is 0.102. The number of carbonyl (C=O) groups is 1. The van der Waals surface area contributed by atoms with Gasteiger partial charge in [0.25, 0.3) is 5.91 Å². The Hall–Kier alpha value is -2.54. The standard InChI is InChI=1S/C17H17N5OS/c1-11-4-5-12-14(10-11)24-17(18-12)19-16(23)13-6-7-15(21-20-13)22-8-2-3-9-22/h4-7,10H,2-3,8-9H2,1H3,(H,18,19,23). The lowest BCUT2D eigenvalue weighted by atomic mass is 10.2. The maximum atomic E-state index is 12.3. The van der Waals surface area contributed by atoms with Crippen LogP contribution in [0.5, 0.6) is 0 Å². The van der Waals surface area contributed by atoms with Gasteiger partial charge in [-0.2, -0.15) is 0 Å². The molecule has 7 heteroatoms. The first-order valence-corrected chi connectivity index (χ1v) is 8.78. The molecule has 2 aromatic heterocycles. The van der Waals surface area contributed by atoms with Crippen LogP contribution in [0.4, 0.5) is 10.9 Å². The quantitative estimate of drug-likeness (QED) is 0.793. The molecule has 122 valence electrons. The number of amides is 1. The van der Waals surface area contributed by atoms with Crippen molar-refractivity contribution >= 4 is 38.4 Å². The SMILES string of the molecule is Cc1ccc2nc(NC(=O)c3ccc(N4CCCC4)nn3)sc2c1. The van der Waals surface area contributed by atoms with Crippen LogP contribution in [0.3, 0.4) is 0 Å². The molecule has 1 saturated heterocycles. The summed E-state index contributed by atoms with van der Waals surface area (Å²) in [4.78, 5) is 18.9. The lowest BCUT2D eigenvalue weighted by Crippen LogP contribution is -2.20. The minimum Gasteiger partial charge on any atom is -0.355 e. The van der Waals surface area contributed by atoms with E-state index in [0.717, 1.165) is 29.1 Å². The van der Waals surface area contributed by atoms with Gasteiger partial charge in [-0.3, -0.25) is 10.1 Å². The van der Waals surface area contributed by atoms with Crippen molar-refractivity contribution < 1.29 is 4.79 Å². The molecule has 0 atom stereocenters. The lowest BCUT2D eigenvalue weighted by Gasteiger charge is -2.14. The van der Waals surface area contributed by atoms with Crippen LogP contribution in [0.2, 0.25) is 0 Å². The number of aromatic nitrogens is 3. The maximum absolute atomic E-state index is 12.3. The minimum atomic E-state index is -0.286. The maximum Gasteiger partial charge on any atom is 0.277 e. The van der Waals surface area contributed by atoms with E-state index in [0.29, 0.717) is 10.8 Å². The molecular weight excluding hydrogens is 322 g/mol. The van der Waals surface area contributed by atoms with Crippen LogP contribution in [0.15, 0.2) is 30.3 Å². The van der Waals surface area contributed by atoms with E-state index in [2.05, 4.69) is 31.5 Å². The molecule has 3 aromatic rings. The third-order valence-corrected chi connectivity index (χ3v) is 5.01. The van der Waals surface area contributed by atoms with Crippen LogP contribution < -0.4 is 10.2 Å². The fourth-order valence-corrected chi connectivity index (χ4v) is 3.77. The summed E-state index contributed by atoms with van der Waals surface area (Å²) in [6, 6.07) is 9.60. The van der Waals surface area contributed by atoms with Crippen molar-refractivity contribution in [2.24, 2.45) is 0 Å². The van der Waals surface area contributed by atoms with E-state index in [4.69, 9.17) is 0 Å². The Morgan fingerprint density at radius 3 is 2.75 bits per heavy atom. The van der Waals surface area contributed by atoms with Crippen molar-refractivity contribution in [3.8, 4) is 0 Å². The Balaban J connectivity index is 1.50. The zero-order valence-corrected chi connectivity index (χ0v) is 14.1. The van der Waals surface area contributed by atoms with E-state index >= 15 is 0 Å². The Morgan fingerprint density at radius 2 is 2.00 bits per heavy atom. The highest BCUT2D eigenvalue weighted by atomic mass is 32.1. The third kappa shape index (κ3) is 2.94. The van der Waals surface area contributed by atoms with Crippen molar-refractivity contribution in [1.29, 1.82) is 0 Å². The minimum absolute atomic E-state index is 0.286. The summed E-state index contributed by atoms with van der Waals surface area (Å²) in [5.74, 6) is 0.547. The van der Waals surface area contributed by atoms with Crippen LogP contribution in [0.1, 0.15) is 28.9 Å². The summed E-state index contributed by atoms with van der Waals surface area (Å²) in [7, 11) is 0. The molecule has 1 amide bonds. The topological polar surface area (TPSA) is 71.0 Å². The second-order valence-corrected chi connectivity index (χ2v) is 6.95. The molecule has 1 aromatic carbocycles. The number of rotatable bonds is 3. The van der Waals surface area contributed by atoms with Gasteiger partial charge in [-0.1, -0.05) is 17.4 Å². The van der Waals surface area contributed by atoms with Gasteiger partial charge in [-0.05, 0) is 49.6 Å². The molecule has 0 aliphatic carbocycles. The van der Waals surface area contributed by atoms with Crippen molar-refractivity contribution in [2.45, 2.75) is 19.8 Å². The number of benzene rings is 1. The monoisotopic (exact) mass is 339 g/mol. The number of aryl methyl sites for hydroxylation is 1. The summed E-state index contributed by atoms with van der Waals surface area (Å²) in [5.41, 5.74) is 2.36. The Morgan fingerprint density at radius 1 is 1.17 bits per heavy atom. The van der Waals surface area contributed by atoms with Gasteiger partial charge in [0.05, 0.1) is 10.2 Å². The fourth-order valence-electron chi connectivity index (χ4n) is 2.81. The van der Waals surface area contributed by atoms with E-state index in [-0.39, 0.29) is 5.91 Å². The highest BCUT2D eigenvalue weighted by molar-refractivity contribution is 7.22. The third-order valence-electron chi connectivity index (χ3n) is 4.08. The first kappa shape index (κ1) is 15.0. The normalized spacial score (nSPS) is 14.3. The van der Waals surface area contributed by atoms with Crippen molar-refractivity contribution in [1.82, 2.24) is 15.2 Å². The number of thiazole rings is 1.